The van der Waals surface area contributed by atoms with Gasteiger partial charge in [-0.1, -0.05) is 61.0 Å². The van der Waals surface area contributed by atoms with Crippen LogP contribution in [0.25, 0.3) is 0 Å². The van der Waals surface area contributed by atoms with E-state index in [0.717, 1.165) is 30.0 Å². The van der Waals surface area contributed by atoms with E-state index < -0.39 is 0 Å². The van der Waals surface area contributed by atoms with Crippen LogP contribution in [-0.4, -0.2) is 6.54 Å². The minimum Gasteiger partial charge on any atom is -0.310 e. The van der Waals surface area contributed by atoms with Gasteiger partial charge < -0.3 is 5.32 Å². The minimum absolute atomic E-state index is 0.262. The van der Waals surface area contributed by atoms with Gasteiger partial charge in [-0.3, -0.25) is 0 Å². The standard InChI is InChI=1S/C19H24ClN/c1-4-12-21-18(13-16-10-6-5-8-14(16)2)17-11-7-9-15(3)19(17)20/h5-11,18,21H,4,12-13H2,1-3H3. The molecule has 0 radical (unpaired) electrons. The summed E-state index contributed by atoms with van der Waals surface area (Å²) < 4.78 is 0. The summed E-state index contributed by atoms with van der Waals surface area (Å²) in [5, 5.41) is 4.53. The Hall–Kier alpha value is -1.31. The van der Waals surface area contributed by atoms with Crippen molar-refractivity contribution in [1.82, 2.24) is 5.32 Å². The number of halogens is 1. The summed E-state index contributed by atoms with van der Waals surface area (Å²) in [6, 6.07) is 15.1. The maximum absolute atomic E-state index is 6.53. The molecule has 1 unspecified atom stereocenters. The second-order valence-corrected chi connectivity index (χ2v) is 5.99. The third kappa shape index (κ3) is 4.09. The van der Waals surface area contributed by atoms with Crippen molar-refractivity contribution < 1.29 is 0 Å². The van der Waals surface area contributed by atoms with Crippen LogP contribution in [0.3, 0.4) is 0 Å². The van der Waals surface area contributed by atoms with E-state index in [0.29, 0.717) is 0 Å². The topological polar surface area (TPSA) is 12.0 Å². The molecule has 0 spiro atoms. The largest absolute Gasteiger partial charge is 0.310 e. The first kappa shape index (κ1) is 16.1. The number of hydrogen-bond acceptors (Lipinski definition) is 1. The first-order chi connectivity index (χ1) is 10.1. The predicted octanol–water partition coefficient (Wildman–Crippen LogP) is 5.24. The van der Waals surface area contributed by atoms with Crippen LogP contribution in [0.15, 0.2) is 42.5 Å². The smallest absolute Gasteiger partial charge is 0.0483 e. The average Bonchev–Trinajstić information content (AvgIpc) is 2.48. The molecule has 1 atom stereocenters. The van der Waals surface area contributed by atoms with Crippen molar-refractivity contribution in [1.29, 1.82) is 0 Å². The summed E-state index contributed by atoms with van der Waals surface area (Å²) in [7, 11) is 0. The SMILES string of the molecule is CCCNC(Cc1ccccc1C)c1cccc(C)c1Cl. The van der Waals surface area contributed by atoms with E-state index in [9.17, 15) is 0 Å². The number of nitrogens with one attached hydrogen (secondary N) is 1. The lowest BCUT2D eigenvalue weighted by atomic mass is 9.95. The molecule has 0 aliphatic heterocycles. The van der Waals surface area contributed by atoms with Crippen LogP contribution >= 0.6 is 11.6 Å². The predicted molar refractivity (Wildman–Crippen MR) is 92.1 cm³/mol. The van der Waals surface area contributed by atoms with Gasteiger partial charge in [0.05, 0.1) is 0 Å². The number of aryl methyl sites for hydroxylation is 2. The minimum atomic E-state index is 0.262. The highest BCUT2D eigenvalue weighted by molar-refractivity contribution is 6.32. The molecule has 0 aromatic heterocycles. The molecule has 0 aliphatic carbocycles. The Morgan fingerprint density at radius 1 is 1.00 bits per heavy atom. The van der Waals surface area contributed by atoms with Crippen molar-refractivity contribution in [2.75, 3.05) is 6.54 Å². The van der Waals surface area contributed by atoms with Crippen LogP contribution in [0.5, 0.6) is 0 Å². The molecule has 2 aromatic rings. The van der Waals surface area contributed by atoms with Gasteiger partial charge in [0.25, 0.3) is 0 Å². The molecule has 0 saturated carbocycles. The number of hydrogen-bond donors (Lipinski definition) is 1. The second kappa shape index (κ2) is 7.63. The third-order valence-corrected chi connectivity index (χ3v) is 4.44. The van der Waals surface area contributed by atoms with Gasteiger partial charge in [0.1, 0.15) is 0 Å². The summed E-state index contributed by atoms with van der Waals surface area (Å²) in [5.74, 6) is 0. The zero-order valence-corrected chi connectivity index (χ0v) is 13.9. The van der Waals surface area contributed by atoms with Crippen LogP contribution in [-0.2, 0) is 6.42 Å². The monoisotopic (exact) mass is 301 g/mol. The summed E-state index contributed by atoms with van der Waals surface area (Å²) >= 11 is 6.53. The van der Waals surface area contributed by atoms with E-state index in [2.05, 4.69) is 68.6 Å². The quantitative estimate of drug-likeness (QED) is 0.769. The van der Waals surface area contributed by atoms with Crippen molar-refractivity contribution in [3.63, 3.8) is 0 Å². The molecule has 0 fully saturated rings. The Labute approximate surface area is 133 Å². The molecular formula is C19H24ClN. The summed E-state index contributed by atoms with van der Waals surface area (Å²) in [4.78, 5) is 0. The first-order valence-electron chi connectivity index (χ1n) is 7.66. The molecule has 0 heterocycles. The van der Waals surface area contributed by atoms with Gasteiger partial charge in [-0.2, -0.15) is 0 Å². The summed E-state index contributed by atoms with van der Waals surface area (Å²) in [5.41, 5.74) is 5.06. The molecule has 2 heteroatoms. The van der Waals surface area contributed by atoms with Gasteiger partial charge in [-0.15, -0.1) is 0 Å². The highest BCUT2D eigenvalue weighted by atomic mass is 35.5. The maximum Gasteiger partial charge on any atom is 0.0483 e. The fourth-order valence-corrected chi connectivity index (χ4v) is 2.87. The number of benzene rings is 2. The lowest BCUT2D eigenvalue weighted by Crippen LogP contribution is -2.24. The molecular weight excluding hydrogens is 278 g/mol. The van der Waals surface area contributed by atoms with Crippen LogP contribution in [0.1, 0.15) is 41.6 Å². The van der Waals surface area contributed by atoms with Gasteiger partial charge >= 0.3 is 0 Å². The highest BCUT2D eigenvalue weighted by Crippen LogP contribution is 2.29. The van der Waals surface area contributed by atoms with Gasteiger partial charge in [0, 0.05) is 11.1 Å². The lowest BCUT2D eigenvalue weighted by Gasteiger charge is -2.22. The Balaban J connectivity index is 2.30. The van der Waals surface area contributed by atoms with Gasteiger partial charge in [-0.25, -0.2) is 0 Å². The summed E-state index contributed by atoms with van der Waals surface area (Å²) in [6.45, 7) is 7.43. The van der Waals surface area contributed by atoms with Gasteiger partial charge in [0.2, 0.25) is 0 Å². The number of rotatable bonds is 6. The van der Waals surface area contributed by atoms with Crippen molar-refractivity contribution in [3.8, 4) is 0 Å². The molecule has 0 aliphatic rings. The lowest BCUT2D eigenvalue weighted by molar-refractivity contribution is 0.528. The van der Waals surface area contributed by atoms with E-state index in [1.807, 2.05) is 0 Å². The Kier molecular flexibility index (Phi) is 5.84. The molecule has 1 nitrogen and oxygen atoms in total. The molecule has 21 heavy (non-hydrogen) atoms. The molecule has 2 rings (SSSR count). The van der Waals surface area contributed by atoms with Crippen molar-refractivity contribution in [3.05, 3.63) is 69.7 Å². The first-order valence-corrected chi connectivity index (χ1v) is 8.04. The Morgan fingerprint density at radius 2 is 1.71 bits per heavy atom. The second-order valence-electron chi connectivity index (χ2n) is 5.62. The molecule has 2 aromatic carbocycles. The van der Waals surface area contributed by atoms with Crippen LogP contribution in [0, 0.1) is 13.8 Å². The van der Waals surface area contributed by atoms with Crippen molar-refractivity contribution in [2.24, 2.45) is 0 Å². The van der Waals surface area contributed by atoms with Crippen LogP contribution in [0.4, 0.5) is 0 Å². The fraction of sp³-hybridized carbons (Fsp3) is 0.368. The molecule has 112 valence electrons. The van der Waals surface area contributed by atoms with Crippen molar-refractivity contribution >= 4 is 11.6 Å². The normalized spacial score (nSPS) is 12.4. The van der Waals surface area contributed by atoms with Gasteiger partial charge in [0.15, 0.2) is 0 Å². The highest BCUT2D eigenvalue weighted by Gasteiger charge is 2.16. The van der Waals surface area contributed by atoms with Crippen LogP contribution < -0.4 is 5.32 Å². The third-order valence-electron chi connectivity index (χ3n) is 3.92. The fourth-order valence-electron chi connectivity index (χ4n) is 2.61. The van der Waals surface area contributed by atoms with E-state index in [1.54, 1.807) is 0 Å². The Bertz CT molecular complexity index is 592. The molecule has 0 saturated heterocycles. The summed E-state index contributed by atoms with van der Waals surface area (Å²) in [6.07, 6.45) is 2.09. The van der Waals surface area contributed by atoms with E-state index in [4.69, 9.17) is 11.6 Å². The zero-order chi connectivity index (χ0) is 15.2. The Morgan fingerprint density at radius 3 is 2.43 bits per heavy atom. The van der Waals surface area contributed by atoms with Gasteiger partial charge in [-0.05, 0) is 55.5 Å². The van der Waals surface area contributed by atoms with Crippen LogP contribution in [0.2, 0.25) is 5.02 Å². The average molecular weight is 302 g/mol. The van der Waals surface area contributed by atoms with E-state index in [1.165, 1.54) is 16.7 Å². The molecule has 1 N–H and O–H groups in total. The van der Waals surface area contributed by atoms with Crippen molar-refractivity contribution in [2.45, 2.75) is 39.7 Å². The van der Waals surface area contributed by atoms with E-state index in [-0.39, 0.29) is 6.04 Å². The van der Waals surface area contributed by atoms with E-state index >= 15 is 0 Å². The zero-order valence-electron chi connectivity index (χ0n) is 13.1. The molecule has 0 amide bonds. The molecule has 0 bridgehead atoms. The maximum atomic E-state index is 6.53.